The van der Waals surface area contributed by atoms with Gasteiger partial charge in [-0.05, 0) is 49.3 Å². The van der Waals surface area contributed by atoms with Crippen LogP contribution in [0.2, 0.25) is 0 Å². The van der Waals surface area contributed by atoms with Crippen molar-refractivity contribution in [1.29, 1.82) is 0 Å². The summed E-state index contributed by atoms with van der Waals surface area (Å²) in [6, 6.07) is 3.65. The molecule has 0 aliphatic rings. The van der Waals surface area contributed by atoms with Crippen LogP contribution >= 0.6 is 23.4 Å². The minimum Gasteiger partial charge on any atom is -0.207 e. The lowest BCUT2D eigenvalue weighted by atomic mass is 10.1. The van der Waals surface area contributed by atoms with Crippen LogP contribution in [0.1, 0.15) is 30.0 Å². The van der Waals surface area contributed by atoms with Crippen molar-refractivity contribution in [2.24, 2.45) is 0 Å². The van der Waals surface area contributed by atoms with Crippen LogP contribution < -0.4 is 0 Å². The molecule has 0 spiro atoms. The van der Waals surface area contributed by atoms with Gasteiger partial charge < -0.3 is 0 Å². The fourth-order valence-electron chi connectivity index (χ4n) is 2.27. The number of hydrogen-bond acceptors (Lipinski definition) is 3. The fraction of sp³-hybridized carbons (Fsp3) is 0.600. The highest BCUT2D eigenvalue weighted by Crippen LogP contribution is 2.26. The highest BCUT2D eigenvalue weighted by atomic mass is 35.5. The molecule has 0 heterocycles. The molecule has 0 bridgehead atoms. The maximum atomic E-state index is 12.9. The first kappa shape index (κ1) is 18.8. The molecular formula is C15H24ClNO2S2. The van der Waals surface area contributed by atoms with E-state index in [1.807, 2.05) is 33.1 Å². The monoisotopic (exact) mass is 349 g/mol. The molecule has 1 aromatic rings. The van der Waals surface area contributed by atoms with Gasteiger partial charge in [0.1, 0.15) is 0 Å². The van der Waals surface area contributed by atoms with Gasteiger partial charge in [-0.3, -0.25) is 0 Å². The van der Waals surface area contributed by atoms with E-state index in [9.17, 15) is 8.42 Å². The molecule has 1 atom stereocenters. The number of thioether (sulfide) groups is 1. The largest absolute Gasteiger partial charge is 0.243 e. The molecule has 0 N–H and O–H groups in total. The molecular weight excluding hydrogens is 326 g/mol. The average Bonchev–Trinajstić information content (AvgIpc) is 2.46. The van der Waals surface area contributed by atoms with Crippen molar-refractivity contribution in [3.05, 3.63) is 28.8 Å². The van der Waals surface area contributed by atoms with Gasteiger partial charge >= 0.3 is 0 Å². The summed E-state index contributed by atoms with van der Waals surface area (Å²) >= 11 is 7.54. The van der Waals surface area contributed by atoms with Gasteiger partial charge in [0.05, 0.1) is 4.90 Å². The van der Waals surface area contributed by atoms with E-state index in [-0.39, 0.29) is 6.04 Å². The summed E-state index contributed by atoms with van der Waals surface area (Å²) in [5, 5.41) is 0. The van der Waals surface area contributed by atoms with E-state index in [0.29, 0.717) is 10.8 Å². The van der Waals surface area contributed by atoms with E-state index in [1.54, 1.807) is 24.9 Å². The predicted octanol–water partition coefficient (Wildman–Crippen LogP) is 3.80. The number of halogens is 1. The molecule has 0 aromatic heterocycles. The average molecular weight is 350 g/mol. The van der Waals surface area contributed by atoms with Crippen LogP contribution in [0, 0.1) is 13.8 Å². The normalized spacial score (nSPS) is 13.7. The minimum atomic E-state index is -3.50. The Hall–Kier alpha value is -0.230. The van der Waals surface area contributed by atoms with Gasteiger partial charge in [0.15, 0.2) is 0 Å². The molecule has 0 saturated heterocycles. The summed E-state index contributed by atoms with van der Waals surface area (Å²) < 4.78 is 27.3. The highest BCUT2D eigenvalue weighted by Gasteiger charge is 2.28. The molecule has 6 heteroatoms. The smallest absolute Gasteiger partial charge is 0.207 e. The van der Waals surface area contributed by atoms with Crippen molar-refractivity contribution in [2.45, 2.75) is 44.0 Å². The van der Waals surface area contributed by atoms with Gasteiger partial charge in [-0.15, -0.1) is 11.6 Å². The zero-order valence-corrected chi connectivity index (χ0v) is 15.7. The first-order valence-electron chi connectivity index (χ1n) is 6.92. The Kier molecular flexibility index (Phi) is 7.04. The van der Waals surface area contributed by atoms with Gasteiger partial charge in [-0.1, -0.05) is 13.0 Å². The molecule has 0 amide bonds. The van der Waals surface area contributed by atoms with Crippen LogP contribution in [0.3, 0.4) is 0 Å². The Morgan fingerprint density at radius 3 is 2.43 bits per heavy atom. The number of aryl methyl sites for hydroxylation is 1. The molecule has 1 unspecified atom stereocenters. The second kappa shape index (κ2) is 7.86. The molecule has 120 valence electrons. The van der Waals surface area contributed by atoms with Crippen LogP contribution in [0.25, 0.3) is 0 Å². The van der Waals surface area contributed by atoms with Crippen molar-refractivity contribution in [3.63, 3.8) is 0 Å². The third-order valence-corrected chi connectivity index (χ3v) is 6.90. The molecule has 1 aromatic carbocycles. The zero-order valence-electron chi connectivity index (χ0n) is 13.3. The molecule has 0 saturated carbocycles. The topological polar surface area (TPSA) is 37.4 Å². The summed E-state index contributed by atoms with van der Waals surface area (Å²) in [4.78, 5) is 0.375. The van der Waals surface area contributed by atoms with Crippen molar-refractivity contribution in [3.8, 4) is 0 Å². The van der Waals surface area contributed by atoms with Crippen molar-refractivity contribution in [2.75, 3.05) is 19.1 Å². The van der Waals surface area contributed by atoms with Gasteiger partial charge in [-0.25, -0.2) is 8.42 Å². The Bertz CT molecular complexity index is 588. The van der Waals surface area contributed by atoms with E-state index < -0.39 is 10.0 Å². The molecule has 21 heavy (non-hydrogen) atoms. The van der Waals surface area contributed by atoms with E-state index in [1.165, 1.54) is 4.31 Å². The van der Waals surface area contributed by atoms with Gasteiger partial charge in [0, 0.05) is 24.7 Å². The Morgan fingerprint density at radius 1 is 1.33 bits per heavy atom. The minimum absolute atomic E-state index is 0.00404. The number of sulfonamides is 1. The van der Waals surface area contributed by atoms with Crippen LogP contribution in [0.4, 0.5) is 0 Å². The number of nitrogens with zero attached hydrogens (tertiary/aromatic N) is 1. The number of hydrogen-bond donors (Lipinski definition) is 0. The van der Waals surface area contributed by atoms with E-state index >= 15 is 0 Å². The van der Waals surface area contributed by atoms with Crippen LogP contribution in [-0.2, 0) is 15.9 Å². The SMILES string of the molecule is CCC(CSC)N(C)S(=O)(=O)c1cc(CCl)cc(C)c1C. The van der Waals surface area contributed by atoms with Gasteiger partial charge in [0.25, 0.3) is 0 Å². The summed E-state index contributed by atoms with van der Waals surface area (Å²) in [6.45, 7) is 5.79. The zero-order chi connectivity index (χ0) is 16.2. The number of benzene rings is 1. The summed E-state index contributed by atoms with van der Waals surface area (Å²) in [7, 11) is -1.83. The lowest BCUT2D eigenvalue weighted by Gasteiger charge is -2.27. The molecule has 1 rings (SSSR count). The molecule has 3 nitrogen and oxygen atoms in total. The second-order valence-corrected chi connectivity index (χ2v) is 8.35. The third kappa shape index (κ3) is 4.15. The van der Waals surface area contributed by atoms with Gasteiger partial charge in [-0.2, -0.15) is 16.1 Å². The van der Waals surface area contributed by atoms with Crippen molar-refractivity contribution >= 4 is 33.4 Å². The van der Waals surface area contributed by atoms with Crippen molar-refractivity contribution < 1.29 is 8.42 Å². The van der Waals surface area contributed by atoms with Crippen LogP contribution in [0.5, 0.6) is 0 Å². The third-order valence-electron chi connectivity index (χ3n) is 3.84. The maximum Gasteiger partial charge on any atom is 0.243 e. The highest BCUT2D eigenvalue weighted by molar-refractivity contribution is 7.98. The first-order chi connectivity index (χ1) is 9.79. The van der Waals surface area contributed by atoms with Gasteiger partial charge in [0.2, 0.25) is 10.0 Å². The second-order valence-electron chi connectivity index (χ2n) is 5.21. The van der Waals surface area contributed by atoms with Crippen LogP contribution in [-0.4, -0.2) is 37.8 Å². The molecule has 0 fully saturated rings. The predicted molar refractivity (Wildman–Crippen MR) is 92.9 cm³/mol. The Balaban J connectivity index is 3.33. The summed E-state index contributed by atoms with van der Waals surface area (Å²) in [5.74, 6) is 1.11. The summed E-state index contributed by atoms with van der Waals surface area (Å²) in [5.41, 5.74) is 2.59. The number of rotatable bonds is 7. The van der Waals surface area contributed by atoms with Crippen LogP contribution in [0.15, 0.2) is 17.0 Å². The number of alkyl halides is 1. The maximum absolute atomic E-state index is 12.9. The molecule has 0 aliphatic heterocycles. The van der Waals surface area contributed by atoms with Crippen molar-refractivity contribution in [1.82, 2.24) is 4.31 Å². The lowest BCUT2D eigenvalue weighted by molar-refractivity contribution is 0.385. The van der Waals surface area contributed by atoms with E-state index in [4.69, 9.17) is 11.6 Å². The quantitative estimate of drug-likeness (QED) is 0.702. The summed E-state index contributed by atoms with van der Waals surface area (Å²) in [6.07, 6.45) is 2.79. The van der Waals surface area contributed by atoms with E-state index in [0.717, 1.165) is 28.9 Å². The van der Waals surface area contributed by atoms with E-state index in [2.05, 4.69) is 0 Å². The Labute approximate surface area is 138 Å². The Morgan fingerprint density at radius 2 is 1.95 bits per heavy atom. The molecule has 0 radical (unpaired) electrons. The standard InChI is InChI=1S/C15H24ClNO2S2/c1-6-14(10-20-5)17(4)21(18,19)15-8-13(9-16)7-11(2)12(15)3/h7-8,14H,6,9-10H2,1-5H3. The lowest BCUT2D eigenvalue weighted by Crippen LogP contribution is -2.38. The first-order valence-corrected chi connectivity index (χ1v) is 10.3. The fourth-order valence-corrected chi connectivity index (χ4v) is 5.14. The molecule has 0 aliphatic carbocycles.